The highest BCUT2D eigenvalue weighted by atomic mass is 15.1. The predicted octanol–water partition coefficient (Wildman–Crippen LogP) is 13.8. The van der Waals surface area contributed by atoms with Crippen molar-refractivity contribution in [3.8, 4) is 5.69 Å². The maximum absolute atomic E-state index is 2.53. The smallest absolute Gasteiger partial charge is 0.0541 e. The molecule has 0 amide bonds. The van der Waals surface area contributed by atoms with Crippen molar-refractivity contribution in [2.45, 2.75) is 32.1 Å². The van der Waals surface area contributed by atoms with Gasteiger partial charge in [-0.3, -0.25) is 0 Å². The molecule has 53 heavy (non-hydrogen) atoms. The lowest BCUT2D eigenvalue weighted by Crippen LogP contribution is -2.22. The molecule has 1 aromatic heterocycles. The number of fused-ring (bicyclic) bond motifs is 11. The van der Waals surface area contributed by atoms with Gasteiger partial charge in [-0.25, -0.2) is 0 Å². The highest BCUT2D eigenvalue weighted by Gasteiger charge is 2.40. The number of nitrogens with zero attached hydrogens (tertiary/aromatic N) is 2. The van der Waals surface area contributed by atoms with Gasteiger partial charge in [0.1, 0.15) is 0 Å². The molecule has 2 aliphatic rings. The van der Waals surface area contributed by atoms with E-state index in [0.29, 0.717) is 0 Å². The molecule has 8 aromatic carbocycles. The predicted molar refractivity (Wildman–Crippen MR) is 226 cm³/mol. The molecule has 2 nitrogen and oxygen atoms in total. The van der Waals surface area contributed by atoms with Crippen LogP contribution in [0.5, 0.6) is 0 Å². The zero-order valence-corrected chi connectivity index (χ0v) is 30.0. The van der Waals surface area contributed by atoms with Gasteiger partial charge in [0.2, 0.25) is 0 Å². The Bertz CT molecular complexity index is 2940. The molecule has 9 aromatic rings. The quantitative estimate of drug-likeness (QED) is 0.168. The summed E-state index contributed by atoms with van der Waals surface area (Å²) in [7, 11) is 0. The standard InChI is InChI=1S/C51H38N2/c1-51(2)45-23-14-26-49(53-47-24-12-10-21-41(47)42-22-11-13-25-48(42)53)50(45)43-30-28-35(32-46(43)51)52(33-15-4-3-5-16-33)34-27-29-40-38-19-7-6-17-36(38)37-18-8-9-20-39(37)44(40)31-34/h3-27,29,31-32H,28,30H2,1-2H3. The van der Waals surface area contributed by atoms with Gasteiger partial charge in [0, 0.05) is 38.8 Å². The number of allylic oxidation sites excluding steroid dienone is 4. The summed E-state index contributed by atoms with van der Waals surface area (Å²) in [6.45, 7) is 4.84. The third-order valence-electron chi connectivity index (χ3n) is 12.1. The summed E-state index contributed by atoms with van der Waals surface area (Å²) in [5, 5.41) is 10.4. The summed E-state index contributed by atoms with van der Waals surface area (Å²) in [4.78, 5) is 2.51. The monoisotopic (exact) mass is 678 g/mol. The third kappa shape index (κ3) is 4.33. The van der Waals surface area contributed by atoms with Crippen molar-refractivity contribution in [3.63, 3.8) is 0 Å². The van der Waals surface area contributed by atoms with E-state index in [1.165, 1.54) is 99.2 Å². The minimum atomic E-state index is -0.147. The summed E-state index contributed by atoms with van der Waals surface area (Å²) < 4.78 is 2.51. The minimum absolute atomic E-state index is 0.147. The van der Waals surface area contributed by atoms with Crippen molar-refractivity contribution in [2.24, 2.45) is 0 Å². The zero-order chi connectivity index (χ0) is 35.3. The van der Waals surface area contributed by atoms with Gasteiger partial charge in [0.25, 0.3) is 0 Å². The van der Waals surface area contributed by atoms with Gasteiger partial charge in [-0.2, -0.15) is 0 Å². The Kier molecular flexibility index (Phi) is 6.46. The van der Waals surface area contributed by atoms with E-state index < -0.39 is 0 Å². The van der Waals surface area contributed by atoms with Crippen LogP contribution in [0.3, 0.4) is 0 Å². The van der Waals surface area contributed by atoms with Crippen molar-refractivity contribution in [3.05, 3.63) is 192 Å². The average Bonchev–Trinajstić information content (AvgIpc) is 3.67. The van der Waals surface area contributed by atoms with Gasteiger partial charge in [-0.05, 0) is 110 Å². The lowest BCUT2D eigenvalue weighted by Gasteiger charge is -2.33. The minimum Gasteiger partial charge on any atom is -0.314 e. The van der Waals surface area contributed by atoms with Gasteiger partial charge >= 0.3 is 0 Å². The fraction of sp³-hybridized carbons (Fsp3) is 0.0980. The van der Waals surface area contributed by atoms with Gasteiger partial charge in [-0.1, -0.05) is 135 Å². The van der Waals surface area contributed by atoms with E-state index in [1.807, 2.05) is 0 Å². The first-order valence-corrected chi connectivity index (χ1v) is 18.8. The summed E-state index contributed by atoms with van der Waals surface area (Å²) >= 11 is 0. The molecule has 0 radical (unpaired) electrons. The molecule has 2 aliphatic carbocycles. The van der Waals surface area contributed by atoms with Crippen LogP contribution in [0.2, 0.25) is 0 Å². The highest BCUT2D eigenvalue weighted by Crippen LogP contribution is 2.54. The normalized spacial score (nSPS) is 15.0. The Morgan fingerprint density at radius 3 is 1.66 bits per heavy atom. The number of hydrogen-bond donors (Lipinski definition) is 0. The van der Waals surface area contributed by atoms with Crippen LogP contribution in [-0.4, -0.2) is 4.57 Å². The first-order chi connectivity index (χ1) is 26.1. The Hall–Kier alpha value is -6.38. The molecular weight excluding hydrogens is 641 g/mol. The van der Waals surface area contributed by atoms with Gasteiger partial charge in [0.15, 0.2) is 0 Å². The van der Waals surface area contributed by atoms with Crippen LogP contribution < -0.4 is 4.90 Å². The maximum Gasteiger partial charge on any atom is 0.0541 e. The van der Waals surface area contributed by atoms with Crippen molar-refractivity contribution in [1.82, 2.24) is 4.57 Å². The lowest BCUT2D eigenvalue weighted by atomic mass is 9.79. The number of rotatable bonds is 4. The number of aromatic nitrogens is 1. The molecule has 0 unspecified atom stereocenters. The van der Waals surface area contributed by atoms with Crippen molar-refractivity contribution < 1.29 is 0 Å². The molecule has 1 heterocycles. The SMILES string of the molecule is CC1(C)C2=C(CCC(N(c3ccccc3)c3ccc4c5ccccc5c5ccccc5c4c3)=C2)c2c(-n3c4ccccc4c4ccccc43)cccc21. The Balaban J connectivity index is 1.12. The summed E-state index contributed by atoms with van der Waals surface area (Å²) in [5.74, 6) is 0. The number of anilines is 2. The van der Waals surface area contributed by atoms with Crippen LogP contribution >= 0.6 is 0 Å². The highest BCUT2D eigenvalue weighted by molar-refractivity contribution is 6.25. The molecule has 11 rings (SSSR count). The van der Waals surface area contributed by atoms with E-state index in [4.69, 9.17) is 0 Å². The first kappa shape index (κ1) is 30.3. The molecule has 0 aliphatic heterocycles. The second kappa shape index (κ2) is 11.3. The molecule has 0 bridgehead atoms. The number of para-hydroxylation sites is 3. The van der Waals surface area contributed by atoms with Crippen LogP contribution in [-0.2, 0) is 5.41 Å². The molecule has 0 saturated carbocycles. The number of benzene rings is 8. The topological polar surface area (TPSA) is 8.17 Å². The molecule has 0 N–H and O–H groups in total. The van der Waals surface area contributed by atoms with Crippen LogP contribution in [0.1, 0.15) is 37.8 Å². The van der Waals surface area contributed by atoms with Gasteiger partial charge < -0.3 is 9.47 Å². The maximum atomic E-state index is 2.53. The summed E-state index contributed by atoms with van der Waals surface area (Å²) in [6.07, 6.45) is 4.46. The molecule has 2 heteroatoms. The molecule has 252 valence electrons. The Morgan fingerprint density at radius 2 is 1.02 bits per heavy atom. The van der Waals surface area contributed by atoms with Crippen LogP contribution in [0.15, 0.2) is 181 Å². The average molecular weight is 679 g/mol. The van der Waals surface area contributed by atoms with Crippen LogP contribution in [0, 0.1) is 0 Å². The molecule has 0 atom stereocenters. The van der Waals surface area contributed by atoms with E-state index in [-0.39, 0.29) is 5.41 Å². The Morgan fingerprint density at radius 1 is 0.472 bits per heavy atom. The van der Waals surface area contributed by atoms with Crippen molar-refractivity contribution in [1.29, 1.82) is 0 Å². The zero-order valence-electron chi connectivity index (χ0n) is 30.0. The van der Waals surface area contributed by atoms with Crippen LogP contribution in [0.25, 0.3) is 65.4 Å². The second-order valence-electron chi connectivity index (χ2n) is 15.2. The first-order valence-electron chi connectivity index (χ1n) is 18.8. The van der Waals surface area contributed by atoms with Crippen molar-refractivity contribution in [2.75, 3.05) is 4.90 Å². The third-order valence-corrected chi connectivity index (χ3v) is 12.1. The van der Waals surface area contributed by atoms with Gasteiger partial charge in [-0.15, -0.1) is 0 Å². The lowest BCUT2D eigenvalue weighted by molar-refractivity contribution is 0.648. The van der Waals surface area contributed by atoms with Crippen molar-refractivity contribution >= 4 is 71.1 Å². The molecular formula is C51H38N2. The fourth-order valence-corrected chi connectivity index (χ4v) is 9.69. The summed E-state index contributed by atoms with van der Waals surface area (Å²) in [5.41, 5.74) is 13.1. The molecule has 0 saturated heterocycles. The number of hydrogen-bond acceptors (Lipinski definition) is 1. The molecule has 0 spiro atoms. The largest absolute Gasteiger partial charge is 0.314 e. The fourth-order valence-electron chi connectivity index (χ4n) is 9.69. The second-order valence-corrected chi connectivity index (χ2v) is 15.2. The van der Waals surface area contributed by atoms with Crippen LogP contribution in [0.4, 0.5) is 11.4 Å². The van der Waals surface area contributed by atoms with Gasteiger partial charge in [0.05, 0.1) is 16.7 Å². The van der Waals surface area contributed by atoms with E-state index in [9.17, 15) is 0 Å². The van der Waals surface area contributed by atoms with E-state index in [2.05, 4.69) is 193 Å². The van der Waals surface area contributed by atoms with E-state index >= 15 is 0 Å². The summed E-state index contributed by atoms with van der Waals surface area (Å²) in [6, 6.07) is 60.4. The van der Waals surface area contributed by atoms with E-state index in [0.717, 1.165) is 12.8 Å². The Labute approximate surface area is 309 Å². The van der Waals surface area contributed by atoms with E-state index in [1.54, 1.807) is 0 Å². The molecule has 0 fully saturated rings.